The second-order valence-corrected chi connectivity index (χ2v) is 3.73. The molecule has 0 spiro atoms. The molecule has 0 amide bonds. The minimum atomic E-state index is -1.60. The molecule has 84 valence electrons. The van der Waals surface area contributed by atoms with Crippen LogP contribution in [-0.4, -0.2) is 67.3 Å². The number of rotatable bonds is 0. The molecule has 6 N–H and O–H groups in total. The van der Waals surface area contributed by atoms with Crippen LogP contribution in [-0.2, 0) is 0 Å². The minimum absolute atomic E-state index is 0.137. The third kappa shape index (κ3) is 2.41. The summed E-state index contributed by atoms with van der Waals surface area (Å²) in [6.07, 6.45) is -8.61. The van der Waals surface area contributed by atoms with Crippen LogP contribution in [0.2, 0.25) is 0 Å². The molecule has 0 aliphatic heterocycles. The molecular weight excluding hydrogens is 192 g/mol. The summed E-state index contributed by atoms with van der Waals surface area (Å²) in [4.78, 5) is 0. The normalized spacial score (nSPS) is 51.0. The molecule has 1 rings (SSSR count). The Morgan fingerprint density at radius 1 is 0.571 bits per heavy atom. The van der Waals surface area contributed by atoms with E-state index in [0.717, 1.165) is 0 Å². The van der Waals surface area contributed by atoms with Gasteiger partial charge in [-0.1, -0.05) is 0 Å². The van der Waals surface area contributed by atoms with Gasteiger partial charge in [-0.15, -0.1) is 0 Å². The number of aliphatic hydroxyl groups excluding tert-OH is 6. The summed E-state index contributed by atoms with van der Waals surface area (Å²) in [6, 6.07) is 0. The number of aliphatic hydroxyl groups is 6. The molecule has 0 aromatic rings. The first-order chi connectivity index (χ1) is 6.43. The standard InChI is InChI=1S/C8H16O6/c9-3-1-4(10)6(12)8(14)7(13)5(11)2-3/h3-14H,1-2H2. The molecule has 0 saturated heterocycles. The minimum Gasteiger partial charge on any atom is -0.393 e. The van der Waals surface area contributed by atoms with Gasteiger partial charge in [0.15, 0.2) is 0 Å². The van der Waals surface area contributed by atoms with Gasteiger partial charge >= 0.3 is 0 Å². The lowest BCUT2D eigenvalue weighted by Crippen LogP contribution is -2.52. The zero-order valence-corrected chi connectivity index (χ0v) is 7.56. The summed E-state index contributed by atoms with van der Waals surface area (Å²) in [6.45, 7) is 0. The Labute approximate surface area is 81.1 Å². The largest absolute Gasteiger partial charge is 0.393 e. The summed E-state index contributed by atoms with van der Waals surface area (Å²) in [5, 5.41) is 55.6. The Balaban J connectivity index is 2.73. The molecule has 4 unspecified atom stereocenters. The molecule has 0 radical (unpaired) electrons. The zero-order chi connectivity index (χ0) is 10.9. The highest BCUT2D eigenvalue weighted by molar-refractivity contribution is 4.89. The quantitative estimate of drug-likeness (QED) is 0.251. The summed E-state index contributed by atoms with van der Waals surface area (Å²) in [7, 11) is 0. The SMILES string of the molecule is OC1CC(O)C(O)C(O)C(O)C(O)C1. The lowest BCUT2D eigenvalue weighted by Gasteiger charge is -2.33. The van der Waals surface area contributed by atoms with Crippen molar-refractivity contribution in [2.75, 3.05) is 0 Å². The number of hydrogen-bond acceptors (Lipinski definition) is 6. The highest BCUT2D eigenvalue weighted by Gasteiger charge is 2.38. The van der Waals surface area contributed by atoms with E-state index in [9.17, 15) is 30.6 Å². The van der Waals surface area contributed by atoms with Crippen LogP contribution < -0.4 is 0 Å². The van der Waals surface area contributed by atoms with E-state index >= 15 is 0 Å². The molecule has 6 heteroatoms. The highest BCUT2D eigenvalue weighted by Crippen LogP contribution is 2.19. The fourth-order valence-electron chi connectivity index (χ4n) is 1.59. The van der Waals surface area contributed by atoms with Gasteiger partial charge < -0.3 is 30.6 Å². The van der Waals surface area contributed by atoms with E-state index in [-0.39, 0.29) is 12.8 Å². The molecule has 1 aliphatic rings. The van der Waals surface area contributed by atoms with E-state index < -0.39 is 36.6 Å². The average Bonchev–Trinajstić information content (AvgIpc) is 2.12. The number of hydrogen-bond donors (Lipinski definition) is 6. The van der Waals surface area contributed by atoms with Crippen molar-refractivity contribution in [2.24, 2.45) is 0 Å². The molecule has 1 aliphatic carbocycles. The topological polar surface area (TPSA) is 121 Å². The molecule has 1 saturated carbocycles. The fourth-order valence-corrected chi connectivity index (χ4v) is 1.59. The Morgan fingerprint density at radius 3 is 1.29 bits per heavy atom. The van der Waals surface area contributed by atoms with Gasteiger partial charge in [0.05, 0.1) is 18.3 Å². The first-order valence-electron chi connectivity index (χ1n) is 4.52. The van der Waals surface area contributed by atoms with Crippen molar-refractivity contribution in [3.63, 3.8) is 0 Å². The van der Waals surface area contributed by atoms with Gasteiger partial charge in [-0.05, 0) is 0 Å². The van der Waals surface area contributed by atoms with Gasteiger partial charge in [-0.2, -0.15) is 0 Å². The van der Waals surface area contributed by atoms with E-state index in [4.69, 9.17) is 0 Å². The van der Waals surface area contributed by atoms with E-state index in [1.807, 2.05) is 0 Å². The lowest BCUT2D eigenvalue weighted by molar-refractivity contribution is -0.158. The maximum atomic E-state index is 9.28. The Kier molecular flexibility index (Phi) is 3.82. The Bertz CT molecular complexity index is 169. The summed E-state index contributed by atoms with van der Waals surface area (Å²) in [5.74, 6) is 0. The first-order valence-corrected chi connectivity index (χ1v) is 4.52. The maximum Gasteiger partial charge on any atom is 0.111 e. The van der Waals surface area contributed by atoms with Gasteiger partial charge in [0.2, 0.25) is 0 Å². The van der Waals surface area contributed by atoms with Crippen molar-refractivity contribution >= 4 is 0 Å². The van der Waals surface area contributed by atoms with Crippen molar-refractivity contribution in [3.8, 4) is 0 Å². The maximum absolute atomic E-state index is 9.28. The fraction of sp³-hybridized carbons (Fsp3) is 1.00. The van der Waals surface area contributed by atoms with Crippen molar-refractivity contribution in [1.29, 1.82) is 0 Å². The Hall–Kier alpha value is -0.240. The van der Waals surface area contributed by atoms with Gasteiger partial charge in [-0.3, -0.25) is 0 Å². The molecule has 0 bridgehead atoms. The second kappa shape index (κ2) is 4.52. The van der Waals surface area contributed by atoms with E-state index in [1.165, 1.54) is 0 Å². The van der Waals surface area contributed by atoms with Crippen molar-refractivity contribution in [3.05, 3.63) is 0 Å². The molecule has 4 atom stereocenters. The Morgan fingerprint density at radius 2 is 0.929 bits per heavy atom. The van der Waals surface area contributed by atoms with Crippen molar-refractivity contribution in [2.45, 2.75) is 49.5 Å². The van der Waals surface area contributed by atoms with Crippen molar-refractivity contribution < 1.29 is 30.6 Å². The lowest BCUT2D eigenvalue weighted by atomic mass is 9.89. The van der Waals surface area contributed by atoms with E-state index in [1.54, 1.807) is 0 Å². The summed E-state index contributed by atoms with van der Waals surface area (Å²) in [5.41, 5.74) is 0. The molecule has 1 fully saturated rings. The van der Waals surface area contributed by atoms with Gasteiger partial charge in [0.25, 0.3) is 0 Å². The van der Waals surface area contributed by atoms with Gasteiger partial charge in [0.1, 0.15) is 18.3 Å². The van der Waals surface area contributed by atoms with E-state index in [2.05, 4.69) is 0 Å². The monoisotopic (exact) mass is 208 g/mol. The van der Waals surface area contributed by atoms with Crippen LogP contribution in [0.1, 0.15) is 12.8 Å². The molecule has 14 heavy (non-hydrogen) atoms. The highest BCUT2D eigenvalue weighted by atomic mass is 16.4. The van der Waals surface area contributed by atoms with Crippen LogP contribution in [0, 0.1) is 0 Å². The smallest absolute Gasteiger partial charge is 0.111 e. The van der Waals surface area contributed by atoms with Gasteiger partial charge in [0, 0.05) is 12.8 Å². The third-order valence-corrected chi connectivity index (χ3v) is 2.52. The van der Waals surface area contributed by atoms with Crippen LogP contribution in [0.4, 0.5) is 0 Å². The molecule has 0 aromatic carbocycles. The van der Waals surface area contributed by atoms with Crippen LogP contribution in [0.15, 0.2) is 0 Å². The molecular formula is C8H16O6. The predicted molar refractivity (Wildman–Crippen MR) is 45.3 cm³/mol. The first kappa shape index (κ1) is 11.8. The summed E-state index contributed by atoms with van der Waals surface area (Å²) < 4.78 is 0. The second-order valence-electron chi connectivity index (χ2n) is 3.73. The zero-order valence-electron chi connectivity index (χ0n) is 7.56. The molecule has 0 heterocycles. The van der Waals surface area contributed by atoms with Crippen LogP contribution in [0.3, 0.4) is 0 Å². The predicted octanol–water partition coefficient (Wildman–Crippen LogP) is -3.05. The summed E-state index contributed by atoms with van der Waals surface area (Å²) >= 11 is 0. The van der Waals surface area contributed by atoms with Crippen LogP contribution >= 0.6 is 0 Å². The molecule has 0 aromatic heterocycles. The third-order valence-electron chi connectivity index (χ3n) is 2.52. The van der Waals surface area contributed by atoms with Crippen LogP contribution in [0.25, 0.3) is 0 Å². The van der Waals surface area contributed by atoms with E-state index in [0.29, 0.717) is 0 Å². The van der Waals surface area contributed by atoms with Gasteiger partial charge in [-0.25, -0.2) is 0 Å². The molecule has 6 nitrogen and oxygen atoms in total. The van der Waals surface area contributed by atoms with Crippen molar-refractivity contribution in [1.82, 2.24) is 0 Å². The average molecular weight is 208 g/mol. The van der Waals surface area contributed by atoms with Crippen LogP contribution in [0.5, 0.6) is 0 Å².